The quantitative estimate of drug-likeness (QED) is 0.787. The Hall–Kier alpha value is -1.00. The van der Waals surface area contributed by atoms with Crippen LogP contribution in [-0.2, 0) is 4.74 Å². The molecule has 0 saturated carbocycles. The molecule has 1 aliphatic heterocycles. The van der Waals surface area contributed by atoms with Crippen molar-refractivity contribution in [3.63, 3.8) is 0 Å². The highest BCUT2D eigenvalue weighted by Gasteiger charge is 2.25. The van der Waals surface area contributed by atoms with Crippen molar-refractivity contribution in [2.24, 2.45) is 0 Å². The van der Waals surface area contributed by atoms with Crippen LogP contribution in [0.15, 0.2) is 29.2 Å². The molecule has 0 bridgehead atoms. The molecule has 1 saturated heterocycles. The van der Waals surface area contributed by atoms with Gasteiger partial charge in [0.2, 0.25) is 0 Å². The molecule has 3 nitrogen and oxygen atoms in total. The summed E-state index contributed by atoms with van der Waals surface area (Å²) in [6.07, 6.45) is 4.25. The zero-order valence-electron chi connectivity index (χ0n) is 10.9. The highest BCUT2D eigenvalue weighted by atomic mass is 32.2. The summed E-state index contributed by atoms with van der Waals surface area (Å²) in [6.45, 7) is 1.54. The van der Waals surface area contributed by atoms with Gasteiger partial charge in [-0.15, -0.1) is 11.8 Å². The number of rotatable bonds is 3. The number of nitrogens with zero attached hydrogens (tertiary/aromatic N) is 1. The zero-order chi connectivity index (χ0) is 13.0. The molecule has 0 radical (unpaired) electrons. The number of hydrogen-bond donors (Lipinski definition) is 0. The van der Waals surface area contributed by atoms with Gasteiger partial charge in [0.1, 0.15) is 0 Å². The molecule has 98 valence electrons. The van der Waals surface area contributed by atoms with Crippen LogP contribution in [0.4, 0.5) is 0 Å². The molecule has 0 aliphatic carbocycles. The maximum atomic E-state index is 12.5. The highest BCUT2D eigenvalue weighted by Crippen LogP contribution is 2.23. The third-order valence-electron chi connectivity index (χ3n) is 3.34. The molecule has 0 N–H and O–H groups in total. The number of benzene rings is 1. The van der Waals surface area contributed by atoms with Gasteiger partial charge in [0.05, 0.1) is 11.7 Å². The fourth-order valence-corrected chi connectivity index (χ4v) is 2.90. The number of amides is 1. The van der Waals surface area contributed by atoms with Crippen molar-refractivity contribution >= 4 is 17.7 Å². The molecule has 18 heavy (non-hydrogen) atoms. The van der Waals surface area contributed by atoms with Crippen LogP contribution in [0.25, 0.3) is 0 Å². The van der Waals surface area contributed by atoms with Crippen LogP contribution in [-0.4, -0.2) is 43.4 Å². The fraction of sp³-hybridized carbons (Fsp3) is 0.500. The Bertz CT molecular complexity index is 422. The van der Waals surface area contributed by atoms with Crippen LogP contribution in [0.2, 0.25) is 0 Å². The molecule has 1 heterocycles. The van der Waals surface area contributed by atoms with E-state index >= 15 is 0 Å². The predicted octanol–water partition coefficient (Wildman–Crippen LogP) is 2.66. The number of hydrogen-bond acceptors (Lipinski definition) is 3. The monoisotopic (exact) mass is 265 g/mol. The second-order valence-electron chi connectivity index (χ2n) is 4.45. The molecular formula is C14H19NO2S. The number of piperidine rings is 1. The Balaban J connectivity index is 2.15. The van der Waals surface area contributed by atoms with Gasteiger partial charge in [-0.05, 0) is 31.2 Å². The maximum Gasteiger partial charge on any atom is 0.255 e. The Labute approximate surface area is 113 Å². The number of thioether (sulfide) groups is 1. The van der Waals surface area contributed by atoms with Crippen LogP contribution in [0.1, 0.15) is 23.2 Å². The molecule has 4 heteroatoms. The Morgan fingerprint density at radius 1 is 1.44 bits per heavy atom. The molecular weight excluding hydrogens is 246 g/mol. The van der Waals surface area contributed by atoms with Crippen LogP contribution < -0.4 is 0 Å². The van der Waals surface area contributed by atoms with Crippen LogP contribution in [0.3, 0.4) is 0 Å². The summed E-state index contributed by atoms with van der Waals surface area (Å²) in [7, 11) is 1.72. The van der Waals surface area contributed by atoms with Crippen LogP contribution >= 0.6 is 11.8 Å². The molecule has 1 amide bonds. The van der Waals surface area contributed by atoms with Crippen molar-refractivity contribution in [1.29, 1.82) is 0 Å². The highest BCUT2D eigenvalue weighted by molar-refractivity contribution is 7.98. The summed E-state index contributed by atoms with van der Waals surface area (Å²) in [5.41, 5.74) is 0.807. The van der Waals surface area contributed by atoms with Crippen molar-refractivity contribution in [3.05, 3.63) is 29.8 Å². The largest absolute Gasteiger partial charge is 0.380 e. The first-order valence-corrected chi connectivity index (χ1v) is 7.44. The molecule has 2 rings (SSSR count). The van der Waals surface area contributed by atoms with Gasteiger partial charge < -0.3 is 9.64 Å². The standard InChI is InChI=1S/C14H19NO2S/c1-17-11-6-5-9-15(10-11)14(16)12-7-3-4-8-13(12)18-2/h3-4,7-8,11H,5-6,9-10H2,1-2H3/t11-/m1/s1. The zero-order valence-corrected chi connectivity index (χ0v) is 11.7. The Kier molecular flexibility index (Phi) is 4.66. The number of methoxy groups -OCH3 is 1. The lowest BCUT2D eigenvalue weighted by atomic mass is 10.1. The molecule has 1 aromatic rings. The van der Waals surface area contributed by atoms with Gasteiger partial charge in [-0.1, -0.05) is 12.1 Å². The van der Waals surface area contributed by atoms with Crippen molar-refractivity contribution < 1.29 is 9.53 Å². The van der Waals surface area contributed by atoms with E-state index in [0.717, 1.165) is 29.8 Å². The van der Waals surface area contributed by atoms with Crippen LogP contribution in [0.5, 0.6) is 0 Å². The summed E-state index contributed by atoms with van der Waals surface area (Å²) in [4.78, 5) is 15.5. The van der Waals surface area contributed by atoms with Gasteiger partial charge in [0.15, 0.2) is 0 Å². The second-order valence-corrected chi connectivity index (χ2v) is 5.30. The summed E-state index contributed by atoms with van der Waals surface area (Å²) in [5.74, 6) is 0.127. The normalized spacial score (nSPS) is 19.9. The van der Waals surface area contributed by atoms with E-state index in [9.17, 15) is 4.79 Å². The molecule has 1 aromatic carbocycles. The van der Waals surface area contributed by atoms with Crippen molar-refractivity contribution in [2.45, 2.75) is 23.8 Å². The molecule has 0 unspecified atom stereocenters. The molecule has 0 spiro atoms. The second kappa shape index (κ2) is 6.25. The molecule has 1 fully saturated rings. The maximum absolute atomic E-state index is 12.5. The van der Waals surface area contributed by atoms with E-state index in [-0.39, 0.29) is 12.0 Å². The summed E-state index contributed by atoms with van der Waals surface area (Å²) >= 11 is 1.62. The number of carbonyl (C=O) groups excluding carboxylic acids is 1. The van der Waals surface area contributed by atoms with E-state index in [4.69, 9.17) is 4.74 Å². The lowest BCUT2D eigenvalue weighted by Crippen LogP contribution is -2.43. The van der Waals surface area contributed by atoms with E-state index < -0.39 is 0 Å². The third kappa shape index (κ3) is 2.87. The molecule has 0 aromatic heterocycles. The summed E-state index contributed by atoms with van der Waals surface area (Å²) in [5, 5.41) is 0. The molecule has 1 aliphatic rings. The van der Waals surface area contributed by atoms with Crippen molar-refractivity contribution in [3.8, 4) is 0 Å². The minimum atomic E-state index is 0.127. The number of carbonyl (C=O) groups is 1. The van der Waals surface area contributed by atoms with Gasteiger partial charge >= 0.3 is 0 Å². The minimum Gasteiger partial charge on any atom is -0.380 e. The summed E-state index contributed by atoms with van der Waals surface area (Å²) < 4.78 is 5.36. The van der Waals surface area contributed by atoms with Crippen LogP contribution in [0, 0.1) is 0 Å². The lowest BCUT2D eigenvalue weighted by Gasteiger charge is -2.32. The minimum absolute atomic E-state index is 0.127. The van der Waals surface area contributed by atoms with Gasteiger partial charge in [0.25, 0.3) is 5.91 Å². The Morgan fingerprint density at radius 3 is 2.94 bits per heavy atom. The summed E-state index contributed by atoms with van der Waals surface area (Å²) in [6, 6.07) is 7.79. The van der Waals surface area contributed by atoms with E-state index in [1.165, 1.54) is 0 Å². The lowest BCUT2D eigenvalue weighted by molar-refractivity contribution is 0.0267. The fourth-order valence-electron chi connectivity index (χ4n) is 2.31. The Morgan fingerprint density at radius 2 is 2.22 bits per heavy atom. The average molecular weight is 265 g/mol. The predicted molar refractivity (Wildman–Crippen MR) is 74.2 cm³/mol. The average Bonchev–Trinajstić information content (AvgIpc) is 2.46. The SMILES string of the molecule is CO[C@@H]1CCCN(C(=O)c2ccccc2SC)C1. The van der Waals surface area contributed by atoms with Gasteiger partial charge in [-0.25, -0.2) is 0 Å². The van der Waals surface area contributed by atoms with Gasteiger partial charge in [0, 0.05) is 25.1 Å². The topological polar surface area (TPSA) is 29.5 Å². The van der Waals surface area contributed by atoms with E-state index in [0.29, 0.717) is 6.54 Å². The number of ether oxygens (including phenoxy) is 1. The first kappa shape index (κ1) is 13.4. The van der Waals surface area contributed by atoms with Crippen molar-refractivity contribution in [2.75, 3.05) is 26.5 Å². The van der Waals surface area contributed by atoms with Crippen molar-refractivity contribution in [1.82, 2.24) is 4.90 Å². The first-order valence-electron chi connectivity index (χ1n) is 6.21. The first-order chi connectivity index (χ1) is 8.76. The molecule has 1 atom stereocenters. The van der Waals surface area contributed by atoms with Gasteiger partial charge in [-0.2, -0.15) is 0 Å². The van der Waals surface area contributed by atoms with E-state index in [2.05, 4.69) is 0 Å². The van der Waals surface area contributed by atoms with Gasteiger partial charge in [-0.3, -0.25) is 4.79 Å². The van der Waals surface area contributed by atoms with E-state index in [1.54, 1.807) is 18.9 Å². The number of likely N-dealkylation sites (tertiary alicyclic amines) is 1. The smallest absolute Gasteiger partial charge is 0.255 e. The third-order valence-corrected chi connectivity index (χ3v) is 4.13. The van der Waals surface area contributed by atoms with E-state index in [1.807, 2.05) is 35.4 Å².